The molecule has 0 saturated carbocycles. The Morgan fingerprint density at radius 1 is 1.17 bits per heavy atom. The smallest absolute Gasteiger partial charge is 0.147 e. The van der Waals surface area contributed by atoms with Crippen LogP contribution in [0.15, 0.2) is 6.07 Å². The number of aldehydes is 1. The summed E-state index contributed by atoms with van der Waals surface area (Å²) in [5, 5.41) is 0. The van der Waals surface area contributed by atoms with Crippen LogP contribution >= 0.6 is 0 Å². The summed E-state index contributed by atoms with van der Waals surface area (Å²) in [6.07, 6.45) is 3.42. The lowest BCUT2D eigenvalue weighted by atomic mass is 9.82. The van der Waals surface area contributed by atoms with Crippen LogP contribution < -0.4 is 0 Å². The minimum absolute atomic E-state index is 0.00142. The number of carbonyl (C=O) groups excluding carboxylic acids is 2. The largest absolute Gasteiger partial charge is 0.378 e. The molecule has 1 aromatic carbocycles. The lowest BCUT2D eigenvalue weighted by molar-refractivity contribution is -0.124. The Morgan fingerprint density at radius 2 is 1.83 bits per heavy atom. The van der Waals surface area contributed by atoms with Crippen molar-refractivity contribution in [3.05, 3.63) is 33.9 Å². The van der Waals surface area contributed by atoms with Crippen LogP contribution in [0.3, 0.4) is 0 Å². The summed E-state index contributed by atoms with van der Waals surface area (Å²) in [5.41, 5.74) is 5.89. The zero-order valence-corrected chi connectivity index (χ0v) is 16.1. The zero-order valence-electron chi connectivity index (χ0n) is 16.1. The second kappa shape index (κ2) is 9.73. The van der Waals surface area contributed by atoms with Gasteiger partial charge >= 0.3 is 0 Å². The maximum absolute atomic E-state index is 12.6. The number of Topliss-reactive ketones (excluding diaryl/α,β-unsaturated/α-hetero) is 1. The average molecular weight is 332 g/mol. The SMILES string of the molecule is CCCCOC(C)CC(C(=O)CC=O)c1cc(C)c(C)c(C)c1C. The summed E-state index contributed by atoms with van der Waals surface area (Å²) in [5.74, 6) is -0.286. The van der Waals surface area contributed by atoms with E-state index < -0.39 is 0 Å². The molecule has 0 spiro atoms. The molecular formula is C21H32O3. The van der Waals surface area contributed by atoms with Gasteiger partial charge < -0.3 is 9.53 Å². The van der Waals surface area contributed by atoms with E-state index in [9.17, 15) is 9.59 Å². The van der Waals surface area contributed by atoms with Gasteiger partial charge in [-0.2, -0.15) is 0 Å². The highest BCUT2D eigenvalue weighted by Crippen LogP contribution is 2.31. The van der Waals surface area contributed by atoms with Gasteiger partial charge in [0.2, 0.25) is 0 Å². The van der Waals surface area contributed by atoms with Crippen molar-refractivity contribution in [2.75, 3.05) is 6.61 Å². The van der Waals surface area contributed by atoms with Crippen molar-refractivity contribution in [1.82, 2.24) is 0 Å². The number of benzene rings is 1. The molecule has 0 N–H and O–H groups in total. The van der Waals surface area contributed by atoms with Crippen LogP contribution in [0.25, 0.3) is 0 Å². The van der Waals surface area contributed by atoms with E-state index in [0.717, 1.165) is 30.6 Å². The number of rotatable bonds is 10. The first-order valence-electron chi connectivity index (χ1n) is 8.98. The van der Waals surface area contributed by atoms with E-state index in [1.165, 1.54) is 16.7 Å². The van der Waals surface area contributed by atoms with E-state index in [-0.39, 0.29) is 24.2 Å². The predicted octanol–water partition coefficient (Wildman–Crippen LogP) is 4.76. The third kappa shape index (κ3) is 5.27. The maximum Gasteiger partial charge on any atom is 0.147 e. The molecule has 0 aliphatic rings. The highest BCUT2D eigenvalue weighted by atomic mass is 16.5. The van der Waals surface area contributed by atoms with E-state index in [1.807, 2.05) is 6.92 Å². The van der Waals surface area contributed by atoms with Gasteiger partial charge in [0.1, 0.15) is 12.1 Å². The van der Waals surface area contributed by atoms with Crippen molar-refractivity contribution in [2.24, 2.45) is 0 Å². The third-order valence-corrected chi connectivity index (χ3v) is 5.04. The Bertz CT molecular complexity index is 575. The van der Waals surface area contributed by atoms with Gasteiger partial charge in [0.15, 0.2) is 0 Å². The summed E-state index contributed by atoms with van der Waals surface area (Å²) >= 11 is 0. The Balaban J connectivity index is 3.11. The molecule has 0 amide bonds. The number of ketones is 1. The monoisotopic (exact) mass is 332 g/mol. The van der Waals surface area contributed by atoms with Gasteiger partial charge in [0.05, 0.1) is 12.5 Å². The zero-order chi connectivity index (χ0) is 18.3. The molecule has 0 heterocycles. The Morgan fingerprint density at radius 3 is 2.42 bits per heavy atom. The van der Waals surface area contributed by atoms with Crippen molar-refractivity contribution in [3.8, 4) is 0 Å². The van der Waals surface area contributed by atoms with Gasteiger partial charge in [0.25, 0.3) is 0 Å². The first-order chi connectivity index (χ1) is 11.3. The molecule has 0 bridgehead atoms. The lowest BCUT2D eigenvalue weighted by Gasteiger charge is -2.24. The Hall–Kier alpha value is -1.48. The van der Waals surface area contributed by atoms with Crippen molar-refractivity contribution >= 4 is 12.1 Å². The van der Waals surface area contributed by atoms with Gasteiger partial charge in [-0.25, -0.2) is 0 Å². The van der Waals surface area contributed by atoms with E-state index >= 15 is 0 Å². The number of aryl methyl sites for hydroxylation is 1. The summed E-state index contributed by atoms with van der Waals surface area (Å²) in [7, 11) is 0. The van der Waals surface area contributed by atoms with Crippen LogP contribution in [-0.4, -0.2) is 24.8 Å². The fraction of sp³-hybridized carbons (Fsp3) is 0.619. The average Bonchev–Trinajstić information content (AvgIpc) is 2.54. The number of unbranched alkanes of at least 4 members (excludes halogenated alkanes) is 1. The second-order valence-corrected chi connectivity index (χ2v) is 6.82. The molecule has 1 aromatic rings. The predicted molar refractivity (Wildman–Crippen MR) is 98.8 cm³/mol. The van der Waals surface area contributed by atoms with Crippen LogP contribution in [0, 0.1) is 27.7 Å². The highest BCUT2D eigenvalue weighted by Gasteiger charge is 2.25. The van der Waals surface area contributed by atoms with Crippen LogP contribution in [0.1, 0.15) is 73.3 Å². The number of ether oxygens (including phenoxy) is 1. The van der Waals surface area contributed by atoms with Crippen LogP contribution in [0.5, 0.6) is 0 Å². The first-order valence-corrected chi connectivity index (χ1v) is 8.98. The molecule has 134 valence electrons. The summed E-state index contributed by atoms with van der Waals surface area (Å²) < 4.78 is 5.85. The standard InChI is InChI=1S/C21H32O3/c1-7-8-11-24-15(3)13-20(21(23)9-10-22)19-12-14(2)16(4)17(5)18(19)6/h10,12,15,20H,7-9,11,13H2,1-6H3. The van der Waals surface area contributed by atoms with Gasteiger partial charge in [-0.05, 0) is 75.3 Å². The molecule has 0 aliphatic carbocycles. The highest BCUT2D eigenvalue weighted by molar-refractivity contribution is 5.94. The molecule has 1 rings (SSSR count). The topological polar surface area (TPSA) is 43.4 Å². The number of carbonyl (C=O) groups is 2. The quantitative estimate of drug-likeness (QED) is 0.352. The minimum atomic E-state index is -0.273. The van der Waals surface area contributed by atoms with Gasteiger partial charge in [-0.1, -0.05) is 19.4 Å². The van der Waals surface area contributed by atoms with Crippen molar-refractivity contribution < 1.29 is 14.3 Å². The number of hydrogen-bond donors (Lipinski definition) is 0. The van der Waals surface area contributed by atoms with Crippen LogP contribution in [0.2, 0.25) is 0 Å². The molecule has 2 unspecified atom stereocenters. The Kier molecular flexibility index (Phi) is 8.34. The van der Waals surface area contributed by atoms with Gasteiger partial charge in [0, 0.05) is 12.5 Å². The first kappa shape index (κ1) is 20.6. The van der Waals surface area contributed by atoms with E-state index in [0.29, 0.717) is 12.7 Å². The molecule has 3 heteroatoms. The molecule has 0 radical (unpaired) electrons. The van der Waals surface area contributed by atoms with Crippen molar-refractivity contribution in [3.63, 3.8) is 0 Å². The van der Waals surface area contributed by atoms with Crippen molar-refractivity contribution in [1.29, 1.82) is 0 Å². The molecule has 0 saturated heterocycles. The lowest BCUT2D eigenvalue weighted by Crippen LogP contribution is -2.22. The summed E-state index contributed by atoms with van der Waals surface area (Å²) in [6.45, 7) is 13.2. The number of hydrogen-bond acceptors (Lipinski definition) is 3. The normalized spacial score (nSPS) is 13.6. The molecular weight excluding hydrogens is 300 g/mol. The fourth-order valence-electron chi connectivity index (χ4n) is 3.09. The molecule has 0 fully saturated rings. The third-order valence-electron chi connectivity index (χ3n) is 5.04. The van der Waals surface area contributed by atoms with Crippen LogP contribution in [-0.2, 0) is 14.3 Å². The minimum Gasteiger partial charge on any atom is -0.378 e. The molecule has 24 heavy (non-hydrogen) atoms. The molecule has 2 atom stereocenters. The summed E-state index contributed by atoms with van der Waals surface area (Å²) in [4.78, 5) is 23.5. The fourth-order valence-corrected chi connectivity index (χ4v) is 3.09. The van der Waals surface area contributed by atoms with E-state index in [4.69, 9.17) is 4.74 Å². The summed E-state index contributed by atoms with van der Waals surface area (Å²) in [6, 6.07) is 2.11. The second-order valence-electron chi connectivity index (χ2n) is 6.82. The Labute approximate surface area is 146 Å². The molecule has 3 nitrogen and oxygen atoms in total. The molecule has 0 aromatic heterocycles. The van der Waals surface area contributed by atoms with E-state index in [2.05, 4.69) is 40.7 Å². The van der Waals surface area contributed by atoms with Crippen molar-refractivity contribution in [2.45, 2.75) is 79.2 Å². The molecule has 0 aliphatic heterocycles. The van der Waals surface area contributed by atoms with Gasteiger partial charge in [-0.15, -0.1) is 0 Å². The van der Waals surface area contributed by atoms with E-state index in [1.54, 1.807) is 0 Å². The van der Waals surface area contributed by atoms with Crippen LogP contribution in [0.4, 0.5) is 0 Å². The maximum atomic E-state index is 12.6. The van der Waals surface area contributed by atoms with Gasteiger partial charge in [-0.3, -0.25) is 4.79 Å².